The van der Waals surface area contributed by atoms with E-state index in [0.29, 0.717) is 0 Å². The predicted molar refractivity (Wildman–Crippen MR) is 132 cm³/mol. The minimum atomic E-state index is -3.91. The first kappa shape index (κ1) is 30.3. The summed E-state index contributed by atoms with van der Waals surface area (Å²) >= 11 is 0. The molecule has 0 fully saturated rings. The summed E-state index contributed by atoms with van der Waals surface area (Å²) in [6.07, 6.45) is 5.26. The molecule has 182 valence electrons. The Morgan fingerprint density at radius 1 is 0.467 bits per heavy atom. The van der Waals surface area contributed by atoms with Gasteiger partial charge in [-0.2, -0.15) is 0 Å². The van der Waals surface area contributed by atoms with Crippen molar-refractivity contribution in [1.29, 1.82) is 0 Å². The van der Waals surface area contributed by atoms with Crippen LogP contribution in [0.15, 0.2) is 0 Å². The Kier molecular flexibility index (Phi) is 14.5. The topological polar surface area (TPSA) is 86.7 Å². The molecule has 0 aromatic carbocycles. The lowest BCUT2D eigenvalue weighted by molar-refractivity contribution is 0.459. The van der Waals surface area contributed by atoms with Crippen molar-refractivity contribution in [2.75, 3.05) is 11.5 Å². The predicted octanol–water partition coefficient (Wildman–Crippen LogP) is 6.03. The molecule has 0 spiro atoms. The fourth-order valence-electron chi connectivity index (χ4n) is 4.56. The van der Waals surface area contributed by atoms with Crippen molar-refractivity contribution in [3.05, 3.63) is 0 Å². The van der Waals surface area contributed by atoms with Crippen LogP contribution in [0.1, 0.15) is 80.1 Å². The third kappa shape index (κ3) is 11.2. The zero-order chi connectivity index (χ0) is 23.3. The zero-order valence-electron chi connectivity index (χ0n) is 20.2. The molecule has 0 radical (unpaired) electrons. The number of rotatable bonds is 19. The quantitative estimate of drug-likeness (QED) is 0.200. The Bertz CT molecular complexity index is 573. The van der Waals surface area contributed by atoms with E-state index < -0.39 is 48.4 Å². The van der Waals surface area contributed by atoms with Crippen LogP contribution in [0.2, 0.25) is 36.3 Å². The van der Waals surface area contributed by atoms with E-state index in [4.69, 9.17) is 7.74 Å². The highest BCUT2D eigenvalue weighted by Crippen LogP contribution is 2.31. The largest absolute Gasteiger partial charge is 0.315 e. The molecule has 0 aliphatic rings. The first-order valence-electron chi connectivity index (χ1n) is 11.8. The molecule has 0 bridgehead atoms. The van der Waals surface area contributed by atoms with Crippen LogP contribution < -0.4 is 0 Å². The minimum absolute atomic E-state index is 0.518. The van der Waals surface area contributed by atoms with Crippen LogP contribution >= 0.6 is 0 Å². The van der Waals surface area contributed by atoms with Gasteiger partial charge in [0.15, 0.2) is 0 Å². The van der Waals surface area contributed by atoms with Gasteiger partial charge in [0, 0.05) is 0 Å². The van der Waals surface area contributed by atoms with Crippen LogP contribution in [-0.2, 0) is 28.0 Å². The summed E-state index contributed by atoms with van der Waals surface area (Å²) in [5, 5.41) is 0. The van der Waals surface area contributed by atoms with E-state index in [1.54, 1.807) is 0 Å². The van der Waals surface area contributed by atoms with Crippen molar-refractivity contribution >= 4 is 36.9 Å². The smallest absolute Gasteiger partial charge is 0.258 e. The van der Waals surface area contributed by atoms with E-state index in [9.17, 15) is 16.8 Å². The summed E-state index contributed by atoms with van der Waals surface area (Å²) < 4.78 is 62.7. The molecular formula is C20H46O6S2Si2. The van der Waals surface area contributed by atoms with Crippen molar-refractivity contribution in [1.82, 2.24) is 0 Å². The van der Waals surface area contributed by atoms with Gasteiger partial charge in [-0.05, 0) is 36.3 Å². The molecular weight excluding hydrogens is 457 g/mol. The molecule has 0 aliphatic heterocycles. The zero-order valence-corrected chi connectivity index (χ0v) is 23.8. The van der Waals surface area contributed by atoms with E-state index >= 15 is 0 Å². The maximum Gasteiger partial charge on any atom is 0.258 e. The van der Waals surface area contributed by atoms with Crippen LogP contribution in [0, 0.1) is 0 Å². The van der Waals surface area contributed by atoms with Gasteiger partial charge in [-0.3, -0.25) is 0 Å². The van der Waals surface area contributed by atoms with E-state index in [2.05, 4.69) is 0 Å². The maximum atomic E-state index is 12.8. The Labute approximate surface area is 189 Å². The molecule has 10 heteroatoms. The lowest BCUT2D eigenvalue weighted by Gasteiger charge is -2.31. The molecule has 0 atom stereocenters. The molecule has 0 saturated carbocycles. The average molecular weight is 503 g/mol. The van der Waals surface area contributed by atoms with Gasteiger partial charge < -0.3 is 7.74 Å². The second kappa shape index (κ2) is 14.4. The third-order valence-electron chi connectivity index (χ3n) is 5.42. The van der Waals surface area contributed by atoms with Crippen molar-refractivity contribution in [3.8, 4) is 0 Å². The van der Waals surface area contributed by atoms with Crippen molar-refractivity contribution < 1.29 is 24.6 Å². The van der Waals surface area contributed by atoms with Gasteiger partial charge >= 0.3 is 0 Å². The highest BCUT2D eigenvalue weighted by molar-refractivity contribution is 7.91. The summed E-state index contributed by atoms with van der Waals surface area (Å²) in [7, 11) is -12.7. The van der Waals surface area contributed by atoms with Gasteiger partial charge in [-0.1, -0.05) is 80.1 Å². The van der Waals surface area contributed by atoms with E-state index in [0.717, 1.165) is 74.8 Å². The molecule has 0 unspecified atom stereocenters. The van der Waals surface area contributed by atoms with Crippen molar-refractivity contribution in [2.45, 2.75) is 116 Å². The summed E-state index contributed by atoms with van der Waals surface area (Å²) in [4.78, 5) is 0. The molecule has 0 aromatic rings. The van der Waals surface area contributed by atoms with Gasteiger partial charge in [-0.25, -0.2) is 16.8 Å². The average Bonchev–Trinajstić information content (AvgIpc) is 2.61. The lowest BCUT2D eigenvalue weighted by atomic mass is 10.6. The van der Waals surface area contributed by atoms with Crippen molar-refractivity contribution in [3.63, 3.8) is 0 Å². The second-order valence-corrected chi connectivity index (χ2v) is 20.7. The van der Waals surface area contributed by atoms with Crippen LogP contribution in [-0.4, -0.2) is 45.0 Å². The molecule has 0 amide bonds. The van der Waals surface area contributed by atoms with Gasteiger partial charge in [0.2, 0.25) is 16.6 Å². The molecule has 0 heterocycles. The fourth-order valence-corrected chi connectivity index (χ4v) is 20.1. The van der Waals surface area contributed by atoms with Crippen LogP contribution in [0.5, 0.6) is 0 Å². The normalized spacial score (nSPS) is 13.7. The molecule has 0 N–H and O–H groups in total. The highest BCUT2D eigenvalue weighted by atomic mass is 32.2. The van der Waals surface area contributed by atoms with Gasteiger partial charge in [0.25, 0.3) is 20.2 Å². The molecule has 0 aliphatic carbocycles. The third-order valence-corrected chi connectivity index (χ3v) is 20.4. The minimum Gasteiger partial charge on any atom is -0.315 e. The first-order valence-corrected chi connectivity index (χ1v) is 20.1. The summed E-state index contributed by atoms with van der Waals surface area (Å²) in [6.45, 7) is 12.3. The van der Waals surface area contributed by atoms with Crippen molar-refractivity contribution in [2.24, 2.45) is 0 Å². The highest BCUT2D eigenvalue weighted by Gasteiger charge is 2.40. The lowest BCUT2D eigenvalue weighted by Crippen LogP contribution is -2.43. The molecule has 6 nitrogen and oxygen atoms in total. The second-order valence-electron chi connectivity index (χ2n) is 8.56. The Hall–Kier alpha value is 0.254. The number of hydrogen-bond acceptors (Lipinski definition) is 6. The van der Waals surface area contributed by atoms with Gasteiger partial charge in [-0.15, -0.1) is 0 Å². The maximum absolute atomic E-state index is 12.8. The van der Waals surface area contributed by atoms with E-state index in [1.165, 1.54) is 0 Å². The molecule has 0 saturated heterocycles. The summed E-state index contributed by atoms with van der Waals surface area (Å²) in [5.74, 6) is -1.04. The first-order chi connectivity index (χ1) is 14.0. The molecule has 0 aromatic heterocycles. The van der Waals surface area contributed by atoms with E-state index in [1.807, 2.05) is 41.5 Å². The Morgan fingerprint density at radius 2 is 0.667 bits per heavy atom. The number of hydrogen-bond donors (Lipinski definition) is 0. The Balaban J connectivity index is 5.39. The molecule has 30 heavy (non-hydrogen) atoms. The van der Waals surface area contributed by atoms with Crippen LogP contribution in [0.25, 0.3) is 0 Å². The Morgan fingerprint density at radius 3 is 0.833 bits per heavy atom. The van der Waals surface area contributed by atoms with E-state index in [-0.39, 0.29) is 0 Å². The summed E-state index contributed by atoms with van der Waals surface area (Å²) in [5.41, 5.74) is 0. The monoisotopic (exact) mass is 502 g/mol. The SMILES string of the molecule is CCC[Si](CCC)(CCC)OS(=O)(=O)CCS(=O)(=O)O[Si](CCC)(CCC)CCC. The van der Waals surface area contributed by atoms with Gasteiger partial charge in [0.1, 0.15) is 0 Å². The molecule has 0 rings (SSSR count). The van der Waals surface area contributed by atoms with Crippen LogP contribution in [0.4, 0.5) is 0 Å². The van der Waals surface area contributed by atoms with Gasteiger partial charge in [0.05, 0.1) is 11.5 Å². The summed E-state index contributed by atoms with van der Waals surface area (Å²) in [6, 6.07) is 4.73. The van der Waals surface area contributed by atoms with Crippen LogP contribution in [0.3, 0.4) is 0 Å². The fraction of sp³-hybridized carbons (Fsp3) is 1.00. The standard InChI is InChI=1S/C20H46O6S2Si2/c1-7-15-29(16-8-2,17-9-3)25-27(21,22)13-14-28(23,24)26-30(18-10-4,19-11-5)20-12-6/h7-20H2,1-6H3.